The number of ether oxygens (including phenoxy) is 1. The van der Waals surface area contributed by atoms with Gasteiger partial charge in [-0.25, -0.2) is 17.9 Å². The summed E-state index contributed by atoms with van der Waals surface area (Å²) in [6.45, 7) is 7.50. The van der Waals surface area contributed by atoms with Crippen molar-refractivity contribution in [2.75, 3.05) is 18.9 Å². The van der Waals surface area contributed by atoms with E-state index in [4.69, 9.17) is 9.84 Å². The number of benzene rings is 2. The summed E-state index contributed by atoms with van der Waals surface area (Å²) in [5.41, 5.74) is 0.883. The molecule has 15 nitrogen and oxygen atoms in total. The fourth-order valence-corrected chi connectivity index (χ4v) is 5.75. The number of carbonyl (C=O) groups excluding carboxylic acids is 5. The summed E-state index contributed by atoms with van der Waals surface area (Å²) in [5, 5.41) is 19.4. The number of amides is 5. The van der Waals surface area contributed by atoms with Crippen LogP contribution in [0.3, 0.4) is 0 Å². The fraction of sp³-hybridized carbons (Fsp3) is 0.471. The zero-order valence-corrected chi connectivity index (χ0v) is 30.7. The van der Waals surface area contributed by atoms with E-state index in [9.17, 15) is 37.2 Å². The molecule has 3 atom stereocenters. The number of hydrogen-bond acceptors (Lipinski definition) is 10. The van der Waals surface area contributed by atoms with Crippen molar-refractivity contribution < 1.29 is 47.0 Å². The third kappa shape index (κ3) is 15.4. The number of carboxylic acids is 1. The van der Waals surface area contributed by atoms with Crippen LogP contribution in [0.15, 0.2) is 59.5 Å². The van der Waals surface area contributed by atoms with E-state index in [1.165, 1.54) is 24.3 Å². The summed E-state index contributed by atoms with van der Waals surface area (Å²) in [4.78, 5) is 75.1. The molecule has 0 radical (unpaired) electrons. The molecule has 17 heteroatoms. The van der Waals surface area contributed by atoms with E-state index in [0.29, 0.717) is 12.0 Å². The monoisotopic (exact) mass is 749 g/mol. The second-order valence-corrected chi connectivity index (χ2v) is 14.6. The van der Waals surface area contributed by atoms with E-state index in [-0.39, 0.29) is 54.0 Å². The van der Waals surface area contributed by atoms with Crippen molar-refractivity contribution in [3.63, 3.8) is 0 Å². The van der Waals surface area contributed by atoms with Crippen molar-refractivity contribution in [1.82, 2.24) is 26.0 Å². The summed E-state index contributed by atoms with van der Waals surface area (Å²) < 4.78 is 32.4. The number of carboxylic acid groups (broad SMARTS) is 1. The van der Waals surface area contributed by atoms with Crippen molar-refractivity contribution in [3.8, 4) is 0 Å². The quantitative estimate of drug-likeness (QED) is 0.0975. The molecule has 6 N–H and O–H groups in total. The lowest BCUT2D eigenvalue weighted by Gasteiger charge is -2.25. The van der Waals surface area contributed by atoms with Crippen LogP contribution < -0.4 is 26.0 Å². The minimum absolute atomic E-state index is 0.0261. The molecular weight excluding hydrogens is 703 g/mol. The second-order valence-electron chi connectivity index (χ2n) is 12.5. The Kier molecular flexibility index (Phi) is 17.4. The van der Waals surface area contributed by atoms with Crippen LogP contribution in [0.4, 0.5) is 4.79 Å². The Labute approximate surface area is 303 Å². The highest BCUT2D eigenvalue weighted by atomic mass is 32.2. The number of sulfonamides is 1. The molecule has 0 aliphatic heterocycles. The maximum atomic E-state index is 13.3. The van der Waals surface area contributed by atoms with Gasteiger partial charge >= 0.3 is 12.1 Å². The summed E-state index contributed by atoms with van der Waals surface area (Å²) >= 11 is 4.20. The Morgan fingerprint density at radius 2 is 1.39 bits per heavy atom. The van der Waals surface area contributed by atoms with Crippen LogP contribution in [0.25, 0.3) is 0 Å². The van der Waals surface area contributed by atoms with Crippen LogP contribution in [0.2, 0.25) is 0 Å². The Hall–Kier alpha value is -4.64. The Morgan fingerprint density at radius 1 is 0.784 bits per heavy atom. The zero-order valence-electron chi connectivity index (χ0n) is 29.0. The van der Waals surface area contributed by atoms with E-state index in [1.807, 2.05) is 32.4 Å². The molecule has 0 spiro atoms. The highest BCUT2D eigenvalue weighted by molar-refractivity contribution is 7.90. The zero-order chi connectivity index (χ0) is 38.1. The SMILES string of the molecule is CC(C)COC(=O)N[C@@H](CCC(=O)O)C(=O)N[C@@H](CC(C)C)C(=O)N[C@@H](CS)C(=O)NCCc1ccc(S(=O)(=O)NC(=O)c2ccccc2)cc1. The number of rotatable bonds is 20. The smallest absolute Gasteiger partial charge is 0.407 e. The van der Waals surface area contributed by atoms with Crippen molar-refractivity contribution in [1.29, 1.82) is 0 Å². The molecule has 51 heavy (non-hydrogen) atoms. The minimum Gasteiger partial charge on any atom is -0.481 e. The molecule has 0 bridgehead atoms. The maximum Gasteiger partial charge on any atom is 0.407 e. The first-order chi connectivity index (χ1) is 24.0. The molecule has 2 aromatic rings. The van der Waals surface area contributed by atoms with Gasteiger partial charge in [-0.15, -0.1) is 0 Å². The normalized spacial score (nSPS) is 13.0. The highest BCUT2D eigenvalue weighted by Crippen LogP contribution is 2.13. The fourth-order valence-electron chi connectivity index (χ4n) is 4.52. The van der Waals surface area contributed by atoms with Gasteiger partial charge in [0.05, 0.1) is 11.5 Å². The number of hydrogen-bond donors (Lipinski definition) is 7. The summed E-state index contributed by atoms with van der Waals surface area (Å²) in [7, 11) is -4.12. The van der Waals surface area contributed by atoms with E-state index in [0.717, 1.165) is 0 Å². The predicted molar refractivity (Wildman–Crippen MR) is 191 cm³/mol. The lowest BCUT2D eigenvalue weighted by Crippen LogP contribution is -2.57. The van der Waals surface area contributed by atoms with E-state index >= 15 is 0 Å². The first-order valence-corrected chi connectivity index (χ1v) is 18.5. The van der Waals surface area contributed by atoms with Crippen LogP contribution in [-0.4, -0.2) is 86.2 Å². The van der Waals surface area contributed by atoms with Crippen LogP contribution in [0, 0.1) is 11.8 Å². The number of nitrogens with one attached hydrogen (secondary N) is 5. The van der Waals surface area contributed by atoms with Crippen molar-refractivity contribution >= 4 is 58.3 Å². The molecule has 2 rings (SSSR count). The molecule has 0 saturated carbocycles. The van der Waals surface area contributed by atoms with Crippen LogP contribution in [0.5, 0.6) is 0 Å². The highest BCUT2D eigenvalue weighted by Gasteiger charge is 2.30. The van der Waals surface area contributed by atoms with Gasteiger partial charge in [0.15, 0.2) is 0 Å². The molecule has 0 aromatic heterocycles. The number of aliphatic carboxylic acids is 1. The summed E-state index contributed by atoms with van der Waals surface area (Å²) in [6.07, 6.45) is -1.10. The van der Waals surface area contributed by atoms with Gasteiger partial charge < -0.3 is 31.1 Å². The van der Waals surface area contributed by atoms with Gasteiger partial charge in [-0.1, -0.05) is 58.0 Å². The van der Waals surface area contributed by atoms with E-state index in [1.54, 1.807) is 30.3 Å². The number of thiol groups is 1. The second kappa shape index (κ2) is 20.9. The Bertz CT molecular complexity index is 1600. The molecule has 5 amide bonds. The van der Waals surface area contributed by atoms with Gasteiger partial charge in [-0.3, -0.25) is 24.0 Å². The lowest BCUT2D eigenvalue weighted by atomic mass is 10.0. The number of alkyl carbamates (subject to hydrolysis) is 1. The van der Waals surface area contributed by atoms with E-state index < -0.39 is 70.3 Å². The van der Waals surface area contributed by atoms with Crippen LogP contribution >= 0.6 is 12.6 Å². The lowest BCUT2D eigenvalue weighted by molar-refractivity contribution is -0.137. The summed E-state index contributed by atoms with van der Waals surface area (Å²) in [5.74, 6) is -4.09. The Balaban J connectivity index is 1.99. The minimum atomic E-state index is -4.12. The van der Waals surface area contributed by atoms with Gasteiger partial charge in [-0.2, -0.15) is 12.6 Å². The van der Waals surface area contributed by atoms with Crippen LogP contribution in [-0.2, 0) is 40.4 Å². The first-order valence-electron chi connectivity index (χ1n) is 16.4. The molecule has 280 valence electrons. The molecule has 0 saturated heterocycles. The van der Waals surface area contributed by atoms with Gasteiger partial charge in [-0.05, 0) is 60.9 Å². The topological polar surface area (TPSA) is 226 Å². The maximum absolute atomic E-state index is 13.3. The molecule has 0 heterocycles. The van der Waals surface area contributed by atoms with Crippen molar-refractivity contribution in [2.24, 2.45) is 11.8 Å². The Morgan fingerprint density at radius 3 is 1.96 bits per heavy atom. The third-order valence-electron chi connectivity index (χ3n) is 7.17. The van der Waals surface area contributed by atoms with Crippen LogP contribution in [0.1, 0.15) is 62.9 Å². The average molecular weight is 750 g/mol. The molecular formula is C34H47N5O10S2. The molecule has 0 fully saturated rings. The third-order valence-corrected chi connectivity index (χ3v) is 8.88. The average Bonchev–Trinajstić information content (AvgIpc) is 3.07. The largest absolute Gasteiger partial charge is 0.481 e. The van der Waals surface area contributed by atoms with Gasteiger partial charge in [0.25, 0.3) is 15.9 Å². The molecule has 0 aliphatic carbocycles. The summed E-state index contributed by atoms with van der Waals surface area (Å²) in [6, 6.07) is 10.2. The molecule has 0 aliphatic rings. The predicted octanol–water partition coefficient (Wildman–Crippen LogP) is 2.03. The van der Waals surface area contributed by atoms with Gasteiger partial charge in [0, 0.05) is 24.3 Å². The number of carbonyl (C=O) groups is 6. The van der Waals surface area contributed by atoms with Crippen molar-refractivity contribution in [2.45, 2.75) is 76.4 Å². The van der Waals surface area contributed by atoms with Crippen molar-refractivity contribution in [3.05, 3.63) is 65.7 Å². The van der Waals surface area contributed by atoms with Gasteiger partial charge in [0.1, 0.15) is 18.1 Å². The standard InChI is InChI=1S/C34H47N5O10S2/c1-21(2)18-27(36-32(44)26(14-15-29(40)41)38-34(46)49-19-22(3)4)33(45)37-28(20-50)31(43)35-17-16-23-10-12-25(13-11-23)51(47,48)39-30(42)24-8-6-5-7-9-24/h5-13,21-22,26-28,50H,14-20H2,1-4H3,(H,35,43)(H,36,44)(H,37,45)(H,38,46)(H,39,42)(H,40,41)/t26-,27-,28-/m0/s1. The molecule has 2 aromatic carbocycles. The van der Waals surface area contributed by atoms with E-state index in [2.05, 4.69) is 33.9 Å². The van der Waals surface area contributed by atoms with Gasteiger partial charge in [0.2, 0.25) is 17.7 Å². The molecule has 0 unspecified atom stereocenters. The first kappa shape index (κ1) is 42.5.